The predicted octanol–water partition coefficient (Wildman–Crippen LogP) is 14.4. The molecule has 0 bridgehead atoms. The third-order valence-electron chi connectivity index (χ3n) is 12.4. The number of fused-ring (bicyclic) bond motifs is 10. The predicted molar refractivity (Wildman–Crippen MR) is 252 cm³/mol. The highest BCUT2D eigenvalue weighted by Crippen LogP contribution is 2.56. The number of hydrogen-bond donors (Lipinski definition) is 0. The first-order valence-corrected chi connectivity index (χ1v) is 20.6. The Labute approximate surface area is 349 Å². The number of rotatable bonds is 4. The van der Waals surface area contributed by atoms with Crippen LogP contribution in [0.3, 0.4) is 0 Å². The van der Waals surface area contributed by atoms with E-state index >= 15 is 0 Å². The van der Waals surface area contributed by atoms with Crippen LogP contribution in [0.15, 0.2) is 215 Å². The van der Waals surface area contributed by atoms with E-state index in [1.807, 2.05) is 36.4 Å². The minimum absolute atomic E-state index is 0.0413. The minimum Gasteiger partial charge on any atom is -0.456 e. The van der Waals surface area contributed by atoms with Crippen LogP contribution in [0.1, 0.15) is 0 Å². The van der Waals surface area contributed by atoms with Crippen LogP contribution in [0, 0.1) is 0 Å². The van der Waals surface area contributed by atoms with Gasteiger partial charge < -0.3 is 23.4 Å². The molecule has 13 rings (SSSR count). The highest BCUT2D eigenvalue weighted by Gasteiger charge is 2.32. The van der Waals surface area contributed by atoms with E-state index in [0.29, 0.717) is 21.9 Å². The third-order valence-corrected chi connectivity index (χ3v) is 12.4. The summed E-state index contributed by atoms with van der Waals surface area (Å²) in [6, 6.07) is 72.1. The molecule has 1 aliphatic rings. The van der Waals surface area contributed by atoms with Crippen molar-refractivity contribution in [2.45, 2.75) is 0 Å². The topological polar surface area (TPSA) is 46.6 Å². The molecule has 12 aromatic rings. The monoisotopic (exact) mass is 782 g/mol. The van der Waals surface area contributed by atoms with Gasteiger partial charge in [-0.15, -0.1) is 0 Å². The second kappa shape index (κ2) is 12.8. The van der Waals surface area contributed by atoms with E-state index in [4.69, 9.17) is 4.42 Å². The molecule has 0 radical (unpaired) electrons. The molecule has 6 nitrogen and oxygen atoms in total. The van der Waals surface area contributed by atoms with E-state index in [1.54, 1.807) is 0 Å². The van der Waals surface area contributed by atoms with Gasteiger partial charge in [-0.1, -0.05) is 103 Å². The third kappa shape index (κ3) is 4.87. The molecule has 1 aliphatic heterocycles. The standard InChI is InChI=1S/C55H34N4O2/c60-55-43-20-8-13-25-53(43)61-54-34-38(26-29-44(54)55)59-51-32-36(57-45-21-9-4-16-39(45)40-17-5-10-22-46(40)57)27-30-49(51)56(35-14-2-1-3-15-35)50-31-28-37(33-52(50)59)58-47-23-11-6-18-41(47)42-19-7-12-24-48(42)58/h1-34H. The van der Waals surface area contributed by atoms with Crippen molar-refractivity contribution in [1.82, 2.24) is 9.13 Å². The molecule has 61 heavy (non-hydrogen) atoms. The molecule has 0 unspecified atom stereocenters. The van der Waals surface area contributed by atoms with Crippen molar-refractivity contribution >= 4 is 99.7 Å². The lowest BCUT2D eigenvalue weighted by molar-refractivity contribution is 0.660. The number of para-hydroxylation sites is 6. The van der Waals surface area contributed by atoms with Crippen molar-refractivity contribution in [1.29, 1.82) is 0 Å². The number of benzene rings is 9. The van der Waals surface area contributed by atoms with Crippen molar-refractivity contribution in [3.63, 3.8) is 0 Å². The average Bonchev–Trinajstić information content (AvgIpc) is 3.84. The normalized spacial score (nSPS) is 12.6. The van der Waals surface area contributed by atoms with Crippen LogP contribution in [0.2, 0.25) is 0 Å². The van der Waals surface area contributed by atoms with Crippen LogP contribution in [0.4, 0.5) is 34.1 Å². The Morgan fingerprint density at radius 1 is 0.295 bits per heavy atom. The summed E-state index contributed by atoms with van der Waals surface area (Å²) in [6.07, 6.45) is 0. The van der Waals surface area contributed by atoms with E-state index in [1.165, 1.54) is 21.5 Å². The fourth-order valence-corrected chi connectivity index (χ4v) is 9.76. The van der Waals surface area contributed by atoms with Gasteiger partial charge in [0.15, 0.2) is 0 Å². The summed E-state index contributed by atoms with van der Waals surface area (Å²) in [5, 5.41) is 5.94. The van der Waals surface area contributed by atoms with Gasteiger partial charge in [-0.3, -0.25) is 4.79 Å². The molecule has 0 amide bonds. The van der Waals surface area contributed by atoms with Gasteiger partial charge in [-0.25, -0.2) is 0 Å². The number of nitrogens with zero attached hydrogens (tertiary/aromatic N) is 4. The van der Waals surface area contributed by atoms with Crippen LogP contribution in [0.5, 0.6) is 0 Å². The second-order valence-electron chi connectivity index (χ2n) is 15.7. The van der Waals surface area contributed by atoms with Gasteiger partial charge in [0.2, 0.25) is 5.43 Å². The summed E-state index contributed by atoms with van der Waals surface area (Å²) in [7, 11) is 0. The van der Waals surface area contributed by atoms with Crippen molar-refractivity contribution < 1.29 is 4.42 Å². The summed E-state index contributed by atoms with van der Waals surface area (Å²) >= 11 is 0. The SMILES string of the molecule is O=c1c2ccccc2oc2cc(N3c4cc(-n5c6ccccc6c6ccccc65)ccc4N(c4ccccc4)c4ccc(-n5c6ccccc6c6ccccc65)cc43)ccc12. The molecule has 0 saturated carbocycles. The van der Waals surface area contributed by atoms with Crippen molar-refractivity contribution in [3.05, 3.63) is 216 Å². The van der Waals surface area contributed by atoms with Crippen LogP contribution in [-0.2, 0) is 0 Å². The molecular formula is C55H34N4O2. The quantitative estimate of drug-likeness (QED) is 0.167. The smallest absolute Gasteiger partial charge is 0.200 e. The minimum atomic E-state index is -0.0413. The summed E-state index contributed by atoms with van der Waals surface area (Å²) in [5.41, 5.74) is 13.6. The molecule has 286 valence electrons. The highest BCUT2D eigenvalue weighted by molar-refractivity contribution is 6.11. The van der Waals surface area contributed by atoms with E-state index in [0.717, 1.165) is 67.6 Å². The lowest BCUT2D eigenvalue weighted by Gasteiger charge is -2.41. The molecule has 3 aromatic heterocycles. The van der Waals surface area contributed by atoms with Crippen molar-refractivity contribution in [2.75, 3.05) is 9.80 Å². The lowest BCUT2D eigenvalue weighted by Crippen LogP contribution is -2.24. The molecule has 0 saturated heterocycles. The summed E-state index contributed by atoms with van der Waals surface area (Å²) in [4.78, 5) is 18.6. The largest absolute Gasteiger partial charge is 0.456 e. The molecule has 9 aromatic carbocycles. The number of hydrogen-bond acceptors (Lipinski definition) is 4. The summed E-state index contributed by atoms with van der Waals surface area (Å²) < 4.78 is 11.3. The fraction of sp³-hybridized carbons (Fsp3) is 0. The Balaban J connectivity index is 1.13. The van der Waals surface area contributed by atoms with Gasteiger partial charge in [0.1, 0.15) is 11.2 Å². The van der Waals surface area contributed by atoms with Crippen LogP contribution >= 0.6 is 0 Å². The van der Waals surface area contributed by atoms with Gasteiger partial charge >= 0.3 is 0 Å². The maximum Gasteiger partial charge on any atom is 0.200 e. The molecule has 0 fully saturated rings. The van der Waals surface area contributed by atoms with E-state index < -0.39 is 0 Å². The lowest BCUT2D eigenvalue weighted by atomic mass is 10.0. The van der Waals surface area contributed by atoms with E-state index in [-0.39, 0.29) is 5.43 Å². The molecule has 4 heterocycles. The number of anilines is 6. The highest BCUT2D eigenvalue weighted by atomic mass is 16.3. The molecule has 0 N–H and O–H groups in total. The Morgan fingerprint density at radius 3 is 1.23 bits per heavy atom. The zero-order valence-corrected chi connectivity index (χ0v) is 32.7. The van der Waals surface area contributed by atoms with E-state index in [2.05, 4.69) is 189 Å². The maximum absolute atomic E-state index is 13.9. The molecule has 0 aliphatic carbocycles. The molecular weight excluding hydrogens is 749 g/mol. The van der Waals surface area contributed by atoms with Gasteiger partial charge in [0, 0.05) is 44.7 Å². The first-order chi connectivity index (χ1) is 30.2. The maximum atomic E-state index is 13.9. The molecule has 0 atom stereocenters. The van der Waals surface area contributed by atoms with Crippen LogP contribution in [0.25, 0.3) is 76.9 Å². The van der Waals surface area contributed by atoms with Crippen LogP contribution < -0.4 is 15.2 Å². The van der Waals surface area contributed by atoms with Gasteiger partial charge in [-0.2, -0.15) is 0 Å². The van der Waals surface area contributed by atoms with E-state index in [9.17, 15) is 4.79 Å². The zero-order valence-electron chi connectivity index (χ0n) is 32.7. The van der Waals surface area contributed by atoms with Crippen molar-refractivity contribution in [2.24, 2.45) is 0 Å². The Bertz CT molecular complexity index is 3550. The van der Waals surface area contributed by atoms with Crippen LogP contribution in [-0.4, -0.2) is 9.13 Å². The number of aromatic nitrogens is 2. The summed E-state index contributed by atoms with van der Waals surface area (Å²) in [5.74, 6) is 0. The average molecular weight is 783 g/mol. The Hall–Kier alpha value is -8.35. The van der Waals surface area contributed by atoms with Gasteiger partial charge in [0.05, 0.1) is 61.3 Å². The Kier molecular flexibility index (Phi) is 7.06. The fourth-order valence-electron chi connectivity index (χ4n) is 9.76. The molecule has 6 heteroatoms. The first-order valence-electron chi connectivity index (χ1n) is 20.6. The summed E-state index contributed by atoms with van der Waals surface area (Å²) in [6.45, 7) is 0. The first kappa shape index (κ1) is 33.6. The van der Waals surface area contributed by atoms with Gasteiger partial charge in [0.25, 0.3) is 0 Å². The van der Waals surface area contributed by atoms with Crippen molar-refractivity contribution in [3.8, 4) is 11.4 Å². The zero-order chi connectivity index (χ0) is 40.2. The molecule has 0 spiro atoms. The van der Waals surface area contributed by atoms with Gasteiger partial charge in [-0.05, 0) is 97.1 Å². The second-order valence-corrected chi connectivity index (χ2v) is 15.7. The Morgan fingerprint density at radius 2 is 0.705 bits per heavy atom.